The SMILES string of the molecule is CCN(CC)CCNC1(C#N)CCCNC1. The van der Waals surface area contributed by atoms with Crippen molar-refractivity contribution in [2.24, 2.45) is 0 Å². The van der Waals surface area contributed by atoms with Gasteiger partial charge in [-0.05, 0) is 32.5 Å². The fourth-order valence-corrected chi connectivity index (χ4v) is 2.18. The Hall–Kier alpha value is -0.630. The van der Waals surface area contributed by atoms with Gasteiger partial charge in [0.15, 0.2) is 0 Å². The van der Waals surface area contributed by atoms with Crippen LogP contribution in [0.2, 0.25) is 0 Å². The molecule has 1 rings (SSSR count). The first-order valence-electron chi connectivity index (χ1n) is 6.35. The lowest BCUT2D eigenvalue weighted by molar-refractivity contribution is 0.265. The number of hydrogen-bond acceptors (Lipinski definition) is 4. The van der Waals surface area contributed by atoms with Crippen molar-refractivity contribution >= 4 is 0 Å². The van der Waals surface area contributed by atoms with Crippen LogP contribution in [0.3, 0.4) is 0 Å². The summed E-state index contributed by atoms with van der Waals surface area (Å²) < 4.78 is 0. The van der Waals surface area contributed by atoms with Gasteiger partial charge in [0.1, 0.15) is 5.54 Å². The van der Waals surface area contributed by atoms with Crippen molar-refractivity contribution in [3.05, 3.63) is 0 Å². The van der Waals surface area contributed by atoms with Crippen LogP contribution in [0, 0.1) is 11.3 Å². The highest BCUT2D eigenvalue weighted by Gasteiger charge is 2.30. The van der Waals surface area contributed by atoms with Crippen molar-refractivity contribution in [2.75, 3.05) is 39.3 Å². The molecule has 16 heavy (non-hydrogen) atoms. The Balaban J connectivity index is 2.31. The molecule has 0 aromatic rings. The molecule has 4 nitrogen and oxygen atoms in total. The maximum atomic E-state index is 9.26. The number of nitrogens with one attached hydrogen (secondary N) is 2. The molecule has 0 aliphatic carbocycles. The summed E-state index contributed by atoms with van der Waals surface area (Å²) in [5.74, 6) is 0. The molecule has 1 heterocycles. The van der Waals surface area contributed by atoms with Gasteiger partial charge in [-0.3, -0.25) is 5.32 Å². The fraction of sp³-hybridized carbons (Fsp3) is 0.917. The van der Waals surface area contributed by atoms with Gasteiger partial charge in [-0.1, -0.05) is 13.8 Å². The standard InChI is InChI=1S/C12H24N4/c1-3-16(4-2)9-8-15-12(10-13)6-5-7-14-11-12/h14-15H,3-9,11H2,1-2H3. The summed E-state index contributed by atoms with van der Waals surface area (Å²) in [6.07, 6.45) is 2.06. The van der Waals surface area contributed by atoms with Crippen LogP contribution in [0.1, 0.15) is 26.7 Å². The van der Waals surface area contributed by atoms with Gasteiger partial charge in [-0.15, -0.1) is 0 Å². The third-order valence-corrected chi connectivity index (χ3v) is 3.38. The second-order valence-corrected chi connectivity index (χ2v) is 4.43. The van der Waals surface area contributed by atoms with Gasteiger partial charge in [0.05, 0.1) is 6.07 Å². The van der Waals surface area contributed by atoms with Gasteiger partial charge in [-0.25, -0.2) is 0 Å². The van der Waals surface area contributed by atoms with E-state index in [4.69, 9.17) is 0 Å². The van der Waals surface area contributed by atoms with E-state index in [0.29, 0.717) is 0 Å². The predicted molar refractivity (Wildman–Crippen MR) is 66.2 cm³/mol. The topological polar surface area (TPSA) is 51.1 Å². The fourth-order valence-electron chi connectivity index (χ4n) is 2.18. The summed E-state index contributed by atoms with van der Waals surface area (Å²) >= 11 is 0. The summed E-state index contributed by atoms with van der Waals surface area (Å²) in [5.41, 5.74) is -0.328. The molecule has 0 amide bonds. The minimum absolute atomic E-state index is 0.328. The lowest BCUT2D eigenvalue weighted by atomic mass is 9.92. The van der Waals surface area contributed by atoms with Crippen LogP contribution in [0.4, 0.5) is 0 Å². The molecule has 1 aliphatic heterocycles. The van der Waals surface area contributed by atoms with Crippen LogP contribution in [-0.4, -0.2) is 49.7 Å². The molecule has 0 aromatic carbocycles. The highest BCUT2D eigenvalue weighted by molar-refractivity contribution is 5.10. The number of nitrogens with zero attached hydrogens (tertiary/aromatic N) is 2. The third-order valence-electron chi connectivity index (χ3n) is 3.38. The van der Waals surface area contributed by atoms with E-state index in [1.165, 1.54) is 0 Å². The summed E-state index contributed by atoms with van der Waals surface area (Å²) in [4.78, 5) is 2.37. The van der Waals surface area contributed by atoms with Crippen molar-refractivity contribution in [2.45, 2.75) is 32.2 Å². The number of piperidine rings is 1. The largest absolute Gasteiger partial charge is 0.314 e. The molecule has 2 N–H and O–H groups in total. The first kappa shape index (κ1) is 13.4. The van der Waals surface area contributed by atoms with Crippen molar-refractivity contribution in [1.82, 2.24) is 15.5 Å². The Labute approximate surface area is 99.0 Å². The molecule has 0 aromatic heterocycles. The zero-order valence-corrected chi connectivity index (χ0v) is 10.6. The molecule has 4 heteroatoms. The lowest BCUT2D eigenvalue weighted by Crippen LogP contribution is -2.56. The number of rotatable bonds is 6. The van der Waals surface area contributed by atoms with Gasteiger partial charge in [0.2, 0.25) is 0 Å². The average molecular weight is 224 g/mol. The maximum absolute atomic E-state index is 9.26. The molecule has 1 atom stereocenters. The van der Waals surface area contributed by atoms with E-state index in [2.05, 4.69) is 35.5 Å². The van der Waals surface area contributed by atoms with Crippen LogP contribution in [0.5, 0.6) is 0 Å². The van der Waals surface area contributed by atoms with Gasteiger partial charge in [-0.2, -0.15) is 5.26 Å². The Morgan fingerprint density at radius 1 is 1.44 bits per heavy atom. The number of hydrogen-bond donors (Lipinski definition) is 2. The van der Waals surface area contributed by atoms with E-state index in [1.54, 1.807) is 0 Å². The molecule has 92 valence electrons. The van der Waals surface area contributed by atoms with Crippen LogP contribution in [-0.2, 0) is 0 Å². The Morgan fingerprint density at radius 3 is 2.69 bits per heavy atom. The molecular weight excluding hydrogens is 200 g/mol. The minimum Gasteiger partial charge on any atom is -0.314 e. The summed E-state index contributed by atoms with van der Waals surface area (Å²) in [6.45, 7) is 10.2. The van der Waals surface area contributed by atoms with E-state index < -0.39 is 0 Å². The molecule has 0 saturated carbocycles. The Bertz CT molecular complexity index is 224. The first-order chi connectivity index (χ1) is 7.76. The zero-order valence-electron chi connectivity index (χ0n) is 10.6. The van der Waals surface area contributed by atoms with Gasteiger partial charge >= 0.3 is 0 Å². The van der Waals surface area contributed by atoms with Crippen LogP contribution >= 0.6 is 0 Å². The zero-order chi connectivity index (χ0) is 11.9. The molecule has 0 bridgehead atoms. The monoisotopic (exact) mass is 224 g/mol. The summed E-state index contributed by atoms with van der Waals surface area (Å²) in [5, 5.41) is 16.0. The number of nitriles is 1. The Morgan fingerprint density at radius 2 is 2.19 bits per heavy atom. The van der Waals surface area contributed by atoms with Crippen molar-refractivity contribution < 1.29 is 0 Å². The summed E-state index contributed by atoms with van der Waals surface area (Å²) in [6, 6.07) is 2.44. The van der Waals surface area contributed by atoms with Crippen LogP contribution in [0.25, 0.3) is 0 Å². The lowest BCUT2D eigenvalue weighted by Gasteiger charge is -2.33. The highest BCUT2D eigenvalue weighted by Crippen LogP contribution is 2.14. The summed E-state index contributed by atoms with van der Waals surface area (Å²) in [7, 11) is 0. The van der Waals surface area contributed by atoms with Gasteiger partial charge < -0.3 is 10.2 Å². The quantitative estimate of drug-likeness (QED) is 0.692. The minimum atomic E-state index is -0.328. The highest BCUT2D eigenvalue weighted by atomic mass is 15.1. The van der Waals surface area contributed by atoms with Crippen LogP contribution < -0.4 is 10.6 Å². The van der Waals surface area contributed by atoms with Crippen molar-refractivity contribution in [1.29, 1.82) is 5.26 Å². The normalized spacial score (nSPS) is 25.6. The smallest absolute Gasteiger partial charge is 0.119 e. The van der Waals surface area contributed by atoms with Crippen molar-refractivity contribution in [3.63, 3.8) is 0 Å². The number of likely N-dealkylation sites (N-methyl/N-ethyl adjacent to an activating group) is 1. The van der Waals surface area contributed by atoms with Crippen LogP contribution in [0.15, 0.2) is 0 Å². The van der Waals surface area contributed by atoms with Gasteiger partial charge in [0, 0.05) is 19.6 Å². The third kappa shape index (κ3) is 3.75. The van der Waals surface area contributed by atoms with Gasteiger partial charge in [0.25, 0.3) is 0 Å². The maximum Gasteiger partial charge on any atom is 0.119 e. The van der Waals surface area contributed by atoms with E-state index >= 15 is 0 Å². The van der Waals surface area contributed by atoms with E-state index in [0.717, 1.165) is 52.1 Å². The molecule has 0 spiro atoms. The molecule has 1 saturated heterocycles. The molecule has 1 aliphatic rings. The Kier molecular flexibility index (Phi) is 5.75. The van der Waals surface area contributed by atoms with E-state index in [1.807, 2.05) is 0 Å². The van der Waals surface area contributed by atoms with Crippen molar-refractivity contribution in [3.8, 4) is 6.07 Å². The molecule has 1 unspecified atom stereocenters. The van der Waals surface area contributed by atoms with E-state index in [9.17, 15) is 5.26 Å². The molecule has 0 radical (unpaired) electrons. The molecule has 1 fully saturated rings. The molecular formula is C12H24N4. The second kappa shape index (κ2) is 6.85. The first-order valence-corrected chi connectivity index (χ1v) is 6.35. The predicted octanol–water partition coefficient (Wildman–Crippen LogP) is 0.564. The second-order valence-electron chi connectivity index (χ2n) is 4.43. The average Bonchev–Trinajstić information content (AvgIpc) is 2.36. The van der Waals surface area contributed by atoms with E-state index in [-0.39, 0.29) is 5.54 Å².